The van der Waals surface area contributed by atoms with Crippen LogP contribution in [0, 0.1) is 17.1 Å². The molecule has 0 spiro atoms. The van der Waals surface area contributed by atoms with E-state index in [0.29, 0.717) is 17.1 Å². The number of rotatable bonds is 5. The molecule has 130 valence electrons. The molecule has 8 heteroatoms. The van der Waals surface area contributed by atoms with E-state index in [-0.39, 0.29) is 25.2 Å². The highest BCUT2D eigenvalue weighted by Crippen LogP contribution is 2.43. The lowest BCUT2D eigenvalue weighted by atomic mass is 9.83. The van der Waals surface area contributed by atoms with Crippen LogP contribution in [0.2, 0.25) is 0 Å². The second-order valence-corrected chi connectivity index (χ2v) is 5.65. The Labute approximate surface area is 143 Å². The van der Waals surface area contributed by atoms with Gasteiger partial charge in [-0.05, 0) is 18.6 Å². The van der Waals surface area contributed by atoms with Gasteiger partial charge < -0.3 is 14.2 Å². The van der Waals surface area contributed by atoms with Crippen molar-refractivity contribution in [3.8, 4) is 23.3 Å². The molecule has 0 amide bonds. The first-order valence-corrected chi connectivity index (χ1v) is 7.58. The zero-order valence-corrected chi connectivity index (χ0v) is 13.8. The number of nitrogens with zero attached hydrogens (tertiary/aromatic N) is 3. The van der Waals surface area contributed by atoms with Crippen LogP contribution in [0.4, 0.5) is 4.39 Å². The quantitative estimate of drug-likeness (QED) is 0.772. The number of aromatic nitrogens is 2. The van der Waals surface area contributed by atoms with E-state index in [9.17, 15) is 14.4 Å². The van der Waals surface area contributed by atoms with E-state index in [4.69, 9.17) is 9.47 Å². The first-order chi connectivity index (χ1) is 12.0. The van der Waals surface area contributed by atoms with E-state index >= 15 is 0 Å². The first kappa shape index (κ1) is 16.8. The lowest BCUT2D eigenvalue weighted by Gasteiger charge is -2.20. The molecule has 25 heavy (non-hydrogen) atoms. The maximum Gasteiger partial charge on any atom is 0.305 e. The van der Waals surface area contributed by atoms with Crippen LogP contribution in [0.3, 0.4) is 0 Å². The van der Waals surface area contributed by atoms with Crippen LogP contribution < -0.4 is 9.47 Å². The van der Waals surface area contributed by atoms with Crippen molar-refractivity contribution in [2.75, 3.05) is 20.8 Å². The first-order valence-electron chi connectivity index (χ1n) is 7.58. The Bertz CT molecular complexity index is 858. The van der Waals surface area contributed by atoms with Crippen LogP contribution in [-0.2, 0) is 14.9 Å². The number of fused-ring (bicyclic) bond motifs is 1. The SMILES string of the molecule is COC(=O)CCC1(C#N)COc2cnn(-c3ccc(F)c(OC)c3)c21. The van der Waals surface area contributed by atoms with Crippen LogP contribution in [0.1, 0.15) is 18.5 Å². The molecule has 0 radical (unpaired) electrons. The highest BCUT2D eigenvalue weighted by molar-refractivity contribution is 5.69. The molecule has 1 aromatic carbocycles. The molecule has 0 aliphatic carbocycles. The van der Waals surface area contributed by atoms with Gasteiger partial charge in [-0.15, -0.1) is 0 Å². The molecule has 0 saturated carbocycles. The van der Waals surface area contributed by atoms with Crippen molar-refractivity contribution >= 4 is 5.97 Å². The third-order valence-corrected chi connectivity index (χ3v) is 4.24. The number of esters is 1. The van der Waals surface area contributed by atoms with E-state index in [1.54, 1.807) is 0 Å². The highest BCUT2D eigenvalue weighted by Gasteiger charge is 2.45. The van der Waals surface area contributed by atoms with Crippen molar-refractivity contribution in [3.63, 3.8) is 0 Å². The van der Waals surface area contributed by atoms with Crippen LogP contribution in [0.5, 0.6) is 11.5 Å². The molecule has 1 unspecified atom stereocenters. The molecule has 1 aliphatic heterocycles. The topological polar surface area (TPSA) is 86.4 Å². The summed E-state index contributed by atoms with van der Waals surface area (Å²) in [6.45, 7) is 0.117. The van der Waals surface area contributed by atoms with Crippen molar-refractivity contribution in [2.24, 2.45) is 0 Å². The van der Waals surface area contributed by atoms with Crippen molar-refractivity contribution in [3.05, 3.63) is 35.9 Å². The average Bonchev–Trinajstić information content (AvgIpc) is 3.21. The second-order valence-electron chi connectivity index (χ2n) is 5.65. The van der Waals surface area contributed by atoms with Crippen molar-refractivity contribution in [1.29, 1.82) is 5.26 Å². The summed E-state index contributed by atoms with van der Waals surface area (Å²) in [5, 5.41) is 14.0. The zero-order valence-electron chi connectivity index (χ0n) is 13.8. The maximum absolute atomic E-state index is 13.7. The number of nitriles is 1. The number of benzene rings is 1. The standard InChI is InChI=1S/C17H16FN3O4/c1-23-13-7-11(3-4-12(13)18)21-16-14(8-20-21)25-10-17(16,9-19)6-5-15(22)24-2/h3-4,7-8H,5-6,10H2,1-2H3. The second kappa shape index (κ2) is 6.43. The van der Waals surface area contributed by atoms with E-state index in [1.807, 2.05) is 0 Å². The predicted molar refractivity (Wildman–Crippen MR) is 84.1 cm³/mol. The monoisotopic (exact) mass is 345 g/mol. The molecule has 0 fully saturated rings. The summed E-state index contributed by atoms with van der Waals surface area (Å²) in [6, 6.07) is 6.54. The van der Waals surface area contributed by atoms with E-state index < -0.39 is 17.2 Å². The number of carbonyl (C=O) groups is 1. The Morgan fingerprint density at radius 2 is 2.32 bits per heavy atom. The largest absolute Gasteiger partial charge is 0.494 e. The molecule has 0 saturated heterocycles. The van der Waals surface area contributed by atoms with Gasteiger partial charge in [-0.25, -0.2) is 9.07 Å². The van der Waals surface area contributed by atoms with Gasteiger partial charge in [0.1, 0.15) is 17.7 Å². The minimum absolute atomic E-state index is 0.0674. The summed E-state index contributed by atoms with van der Waals surface area (Å²) in [6.07, 6.45) is 1.81. The zero-order chi connectivity index (χ0) is 18.0. The third kappa shape index (κ3) is 2.78. The molecule has 1 atom stereocenters. The molecule has 3 rings (SSSR count). The summed E-state index contributed by atoms with van der Waals surface area (Å²) in [5.74, 6) is -0.367. The molecule has 2 aromatic rings. The Balaban J connectivity index is 2.04. The van der Waals surface area contributed by atoms with Crippen LogP contribution in [0.25, 0.3) is 5.69 Å². The molecule has 1 aliphatic rings. The summed E-state index contributed by atoms with van der Waals surface area (Å²) in [5.41, 5.74) is 0.0250. The Kier molecular flexibility index (Phi) is 4.31. The summed E-state index contributed by atoms with van der Waals surface area (Å²) in [7, 11) is 2.67. The highest BCUT2D eigenvalue weighted by atomic mass is 19.1. The number of hydrogen-bond acceptors (Lipinski definition) is 6. The Morgan fingerprint density at radius 1 is 1.52 bits per heavy atom. The summed E-state index contributed by atoms with van der Waals surface area (Å²) in [4.78, 5) is 11.5. The normalized spacial score (nSPS) is 18.2. The van der Waals surface area contributed by atoms with Crippen LogP contribution >= 0.6 is 0 Å². The smallest absolute Gasteiger partial charge is 0.305 e. The minimum atomic E-state index is -1.04. The maximum atomic E-state index is 13.7. The lowest BCUT2D eigenvalue weighted by molar-refractivity contribution is -0.140. The summed E-state index contributed by atoms with van der Waals surface area (Å²) < 4.78 is 30.4. The molecule has 7 nitrogen and oxygen atoms in total. The van der Waals surface area contributed by atoms with Gasteiger partial charge in [0.2, 0.25) is 0 Å². The molecule has 2 heterocycles. The van der Waals surface area contributed by atoms with Crippen LogP contribution in [0.15, 0.2) is 24.4 Å². The van der Waals surface area contributed by atoms with E-state index in [1.165, 1.54) is 43.3 Å². The fraction of sp³-hybridized carbons (Fsp3) is 0.353. The van der Waals surface area contributed by atoms with E-state index in [0.717, 1.165) is 0 Å². The Hall–Kier alpha value is -3.08. The number of methoxy groups -OCH3 is 2. The molecule has 0 bridgehead atoms. The predicted octanol–water partition coefficient (Wildman–Crippen LogP) is 2.13. The fourth-order valence-electron chi connectivity index (χ4n) is 2.87. The van der Waals surface area contributed by atoms with Gasteiger partial charge in [0.25, 0.3) is 0 Å². The summed E-state index contributed by atoms with van der Waals surface area (Å²) >= 11 is 0. The average molecular weight is 345 g/mol. The number of halogens is 1. The number of hydrogen-bond donors (Lipinski definition) is 0. The van der Waals surface area contributed by atoms with Gasteiger partial charge in [-0.2, -0.15) is 10.4 Å². The van der Waals surface area contributed by atoms with Gasteiger partial charge >= 0.3 is 5.97 Å². The van der Waals surface area contributed by atoms with Gasteiger partial charge in [0.15, 0.2) is 17.3 Å². The molecule has 0 N–H and O–H groups in total. The molecular weight excluding hydrogens is 329 g/mol. The lowest BCUT2D eigenvalue weighted by Crippen LogP contribution is -2.30. The number of carbonyl (C=O) groups excluding carboxylic acids is 1. The van der Waals surface area contributed by atoms with Crippen molar-refractivity contribution in [2.45, 2.75) is 18.3 Å². The third-order valence-electron chi connectivity index (χ3n) is 4.24. The van der Waals surface area contributed by atoms with Crippen molar-refractivity contribution in [1.82, 2.24) is 9.78 Å². The van der Waals surface area contributed by atoms with Gasteiger partial charge in [0.05, 0.1) is 32.2 Å². The van der Waals surface area contributed by atoms with Gasteiger partial charge in [-0.3, -0.25) is 4.79 Å². The van der Waals surface area contributed by atoms with Crippen molar-refractivity contribution < 1.29 is 23.4 Å². The molecular formula is C17H16FN3O4. The van der Waals surface area contributed by atoms with Gasteiger partial charge in [-0.1, -0.05) is 0 Å². The van der Waals surface area contributed by atoms with E-state index in [2.05, 4.69) is 15.9 Å². The fourth-order valence-corrected chi connectivity index (χ4v) is 2.87. The Morgan fingerprint density at radius 3 is 3.00 bits per heavy atom. The number of ether oxygens (including phenoxy) is 3. The minimum Gasteiger partial charge on any atom is -0.494 e. The van der Waals surface area contributed by atoms with Gasteiger partial charge in [0, 0.05) is 12.5 Å². The van der Waals surface area contributed by atoms with Crippen LogP contribution in [-0.4, -0.2) is 36.6 Å². The molecule has 1 aromatic heterocycles.